The van der Waals surface area contributed by atoms with Crippen LogP contribution in [0.25, 0.3) is 0 Å². The Hall–Kier alpha value is -1.32. The molecule has 2 nitrogen and oxygen atoms in total. The molecule has 1 aromatic heterocycles. The maximum absolute atomic E-state index is 8.82. The second-order valence-corrected chi connectivity index (χ2v) is 4.96. The standard InChI is InChI=1S/C14H17NOS/c16-10-8-12-3-5-13(6-4-12)15-9-7-14-2-1-11-17-14/h1-6,11,15-16H,7-10H2. The predicted octanol–water partition coefficient (Wildman–Crippen LogP) is 2.94. The van der Waals surface area contributed by atoms with E-state index in [1.807, 2.05) is 0 Å². The minimum atomic E-state index is 0.213. The van der Waals surface area contributed by atoms with Gasteiger partial charge in [-0.3, -0.25) is 0 Å². The number of nitrogens with one attached hydrogen (secondary N) is 1. The monoisotopic (exact) mass is 247 g/mol. The lowest BCUT2D eigenvalue weighted by Crippen LogP contribution is -2.03. The van der Waals surface area contributed by atoms with E-state index in [4.69, 9.17) is 5.11 Å². The molecule has 2 aromatic rings. The van der Waals surface area contributed by atoms with Gasteiger partial charge >= 0.3 is 0 Å². The summed E-state index contributed by atoms with van der Waals surface area (Å²) >= 11 is 1.80. The van der Waals surface area contributed by atoms with Crippen molar-refractivity contribution in [3.63, 3.8) is 0 Å². The van der Waals surface area contributed by atoms with Crippen molar-refractivity contribution in [1.29, 1.82) is 0 Å². The van der Waals surface area contributed by atoms with Crippen LogP contribution in [-0.2, 0) is 12.8 Å². The molecule has 1 heterocycles. The van der Waals surface area contributed by atoms with Gasteiger partial charge in [-0.05, 0) is 42.0 Å². The van der Waals surface area contributed by atoms with Crippen molar-refractivity contribution < 1.29 is 5.11 Å². The lowest BCUT2D eigenvalue weighted by Gasteiger charge is -2.06. The Labute approximate surface area is 106 Å². The largest absolute Gasteiger partial charge is 0.396 e. The third-order valence-corrected chi connectivity index (χ3v) is 3.57. The van der Waals surface area contributed by atoms with Crippen LogP contribution >= 0.6 is 11.3 Å². The highest BCUT2D eigenvalue weighted by atomic mass is 32.1. The summed E-state index contributed by atoms with van der Waals surface area (Å²) in [6.07, 6.45) is 1.80. The van der Waals surface area contributed by atoms with Crippen LogP contribution in [0.15, 0.2) is 41.8 Å². The Kier molecular flexibility index (Phi) is 4.59. The maximum Gasteiger partial charge on any atom is 0.0471 e. The summed E-state index contributed by atoms with van der Waals surface area (Å²) in [4.78, 5) is 1.41. The molecule has 0 saturated heterocycles. The molecule has 0 aliphatic rings. The van der Waals surface area contributed by atoms with Gasteiger partial charge < -0.3 is 10.4 Å². The van der Waals surface area contributed by atoms with Crippen molar-refractivity contribution in [2.75, 3.05) is 18.5 Å². The third kappa shape index (κ3) is 3.88. The van der Waals surface area contributed by atoms with E-state index in [1.165, 1.54) is 10.4 Å². The molecule has 0 unspecified atom stereocenters. The van der Waals surface area contributed by atoms with Crippen LogP contribution in [0.2, 0.25) is 0 Å². The lowest BCUT2D eigenvalue weighted by atomic mass is 10.1. The molecule has 3 heteroatoms. The molecule has 0 bridgehead atoms. The highest BCUT2D eigenvalue weighted by molar-refractivity contribution is 7.09. The molecule has 0 aliphatic carbocycles. The number of hydrogen-bond acceptors (Lipinski definition) is 3. The summed E-state index contributed by atoms with van der Waals surface area (Å²) in [7, 11) is 0. The van der Waals surface area contributed by atoms with Gasteiger partial charge in [-0.1, -0.05) is 18.2 Å². The van der Waals surface area contributed by atoms with Crippen molar-refractivity contribution >= 4 is 17.0 Å². The number of thiophene rings is 1. The molecular weight excluding hydrogens is 230 g/mol. The average Bonchev–Trinajstić information content (AvgIpc) is 2.85. The van der Waals surface area contributed by atoms with Gasteiger partial charge in [0.15, 0.2) is 0 Å². The van der Waals surface area contributed by atoms with Crippen molar-refractivity contribution in [2.24, 2.45) is 0 Å². The summed E-state index contributed by atoms with van der Waals surface area (Å²) in [6.45, 7) is 1.17. The number of anilines is 1. The lowest BCUT2D eigenvalue weighted by molar-refractivity contribution is 0.299. The average molecular weight is 247 g/mol. The Balaban J connectivity index is 1.79. The maximum atomic E-state index is 8.82. The molecule has 0 fully saturated rings. The van der Waals surface area contributed by atoms with E-state index in [9.17, 15) is 0 Å². The molecule has 0 amide bonds. The van der Waals surface area contributed by atoms with E-state index in [2.05, 4.69) is 47.1 Å². The van der Waals surface area contributed by atoms with Gasteiger partial charge in [-0.15, -0.1) is 11.3 Å². The zero-order chi connectivity index (χ0) is 11.9. The van der Waals surface area contributed by atoms with Gasteiger partial charge in [0.25, 0.3) is 0 Å². The molecule has 17 heavy (non-hydrogen) atoms. The summed E-state index contributed by atoms with van der Waals surface area (Å²) < 4.78 is 0. The molecule has 0 saturated carbocycles. The molecule has 1 aromatic carbocycles. The van der Waals surface area contributed by atoms with E-state index >= 15 is 0 Å². The zero-order valence-electron chi connectivity index (χ0n) is 9.73. The van der Waals surface area contributed by atoms with E-state index in [0.29, 0.717) is 0 Å². The fourth-order valence-corrected chi connectivity index (χ4v) is 2.41. The Morgan fingerprint density at radius 2 is 1.88 bits per heavy atom. The number of rotatable bonds is 6. The summed E-state index contributed by atoms with van der Waals surface area (Å²) in [6, 6.07) is 12.5. The smallest absolute Gasteiger partial charge is 0.0471 e. The Morgan fingerprint density at radius 3 is 2.53 bits per heavy atom. The first kappa shape index (κ1) is 12.1. The predicted molar refractivity (Wildman–Crippen MR) is 73.7 cm³/mol. The fraction of sp³-hybridized carbons (Fsp3) is 0.286. The van der Waals surface area contributed by atoms with Gasteiger partial charge in [0, 0.05) is 23.7 Å². The highest BCUT2D eigenvalue weighted by Crippen LogP contribution is 2.12. The van der Waals surface area contributed by atoms with Crippen molar-refractivity contribution in [2.45, 2.75) is 12.8 Å². The minimum Gasteiger partial charge on any atom is -0.396 e. The minimum absolute atomic E-state index is 0.213. The third-order valence-electron chi connectivity index (χ3n) is 2.64. The van der Waals surface area contributed by atoms with Gasteiger partial charge in [0.2, 0.25) is 0 Å². The highest BCUT2D eigenvalue weighted by Gasteiger charge is 1.96. The fourth-order valence-electron chi connectivity index (χ4n) is 1.70. The van der Waals surface area contributed by atoms with Crippen LogP contribution in [0.5, 0.6) is 0 Å². The first-order valence-electron chi connectivity index (χ1n) is 5.84. The quantitative estimate of drug-likeness (QED) is 0.822. The molecule has 2 N–H and O–H groups in total. The second-order valence-electron chi connectivity index (χ2n) is 3.93. The topological polar surface area (TPSA) is 32.3 Å². The van der Waals surface area contributed by atoms with Crippen LogP contribution in [0.1, 0.15) is 10.4 Å². The van der Waals surface area contributed by atoms with E-state index in [1.54, 1.807) is 11.3 Å². The van der Waals surface area contributed by atoms with E-state index < -0.39 is 0 Å². The summed E-state index contributed by atoms with van der Waals surface area (Å²) in [5, 5.41) is 14.3. The molecular formula is C14H17NOS. The van der Waals surface area contributed by atoms with Crippen LogP contribution in [-0.4, -0.2) is 18.3 Å². The first-order valence-corrected chi connectivity index (χ1v) is 6.72. The Morgan fingerprint density at radius 1 is 1.06 bits per heavy atom. The molecule has 0 radical (unpaired) electrons. The zero-order valence-corrected chi connectivity index (χ0v) is 10.5. The van der Waals surface area contributed by atoms with Crippen molar-refractivity contribution in [3.05, 3.63) is 52.2 Å². The molecule has 2 rings (SSSR count). The summed E-state index contributed by atoms with van der Waals surface area (Å²) in [5.74, 6) is 0. The summed E-state index contributed by atoms with van der Waals surface area (Å²) in [5.41, 5.74) is 2.32. The van der Waals surface area contributed by atoms with Crippen LogP contribution in [0.3, 0.4) is 0 Å². The van der Waals surface area contributed by atoms with Gasteiger partial charge in [-0.25, -0.2) is 0 Å². The molecule has 0 atom stereocenters. The SMILES string of the molecule is OCCc1ccc(NCCc2cccs2)cc1. The van der Waals surface area contributed by atoms with Crippen molar-refractivity contribution in [1.82, 2.24) is 0 Å². The first-order chi connectivity index (χ1) is 8.38. The second kappa shape index (κ2) is 6.42. The molecule has 0 spiro atoms. The molecule has 0 aliphatic heterocycles. The number of aliphatic hydroxyl groups excluding tert-OH is 1. The van der Waals surface area contributed by atoms with E-state index in [-0.39, 0.29) is 6.61 Å². The van der Waals surface area contributed by atoms with Gasteiger partial charge in [0.05, 0.1) is 0 Å². The van der Waals surface area contributed by atoms with Gasteiger partial charge in [-0.2, -0.15) is 0 Å². The van der Waals surface area contributed by atoms with Crippen molar-refractivity contribution in [3.8, 4) is 0 Å². The van der Waals surface area contributed by atoms with Gasteiger partial charge in [0.1, 0.15) is 0 Å². The number of hydrogen-bond donors (Lipinski definition) is 2. The number of aliphatic hydroxyl groups is 1. The number of benzene rings is 1. The van der Waals surface area contributed by atoms with Crippen LogP contribution in [0, 0.1) is 0 Å². The van der Waals surface area contributed by atoms with E-state index in [0.717, 1.165) is 25.1 Å². The normalized spacial score (nSPS) is 10.4. The Bertz CT molecular complexity index is 422. The van der Waals surface area contributed by atoms with Crippen LogP contribution in [0.4, 0.5) is 5.69 Å². The molecule has 90 valence electrons. The van der Waals surface area contributed by atoms with Crippen LogP contribution < -0.4 is 5.32 Å².